The van der Waals surface area contributed by atoms with E-state index >= 15 is 0 Å². The molecule has 1 heterocycles. The lowest BCUT2D eigenvalue weighted by Crippen LogP contribution is -2.31. The van der Waals surface area contributed by atoms with E-state index in [4.69, 9.17) is 15.6 Å². The van der Waals surface area contributed by atoms with Gasteiger partial charge in [-0.2, -0.15) is 0 Å². The summed E-state index contributed by atoms with van der Waals surface area (Å²) < 4.78 is 28.3. The standard InChI is InChI=1S/C13H21N3O3S/c1-16(8-10-3-2-4-19-9-10)12-5-11(14)6-13(7-12)20(15,17)18/h5-7,10H,2-4,8-9,14H2,1H3,(H2,15,17,18). The molecule has 7 heteroatoms. The van der Waals surface area contributed by atoms with Crippen LogP contribution in [0.15, 0.2) is 23.1 Å². The first-order valence-corrected chi connectivity index (χ1v) is 8.13. The van der Waals surface area contributed by atoms with Gasteiger partial charge in [0.1, 0.15) is 0 Å². The SMILES string of the molecule is CN(CC1CCCOC1)c1cc(N)cc(S(N)(=O)=O)c1. The summed E-state index contributed by atoms with van der Waals surface area (Å²) in [6.45, 7) is 2.37. The van der Waals surface area contributed by atoms with Gasteiger partial charge in [-0.3, -0.25) is 0 Å². The Hall–Kier alpha value is -1.31. The van der Waals surface area contributed by atoms with Crippen molar-refractivity contribution in [1.82, 2.24) is 0 Å². The van der Waals surface area contributed by atoms with Gasteiger partial charge in [-0.15, -0.1) is 0 Å². The van der Waals surface area contributed by atoms with E-state index in [0.29, 0.717) is 11.6 Å². The van der Waals surface area contributed by atoms with Gasteiger partial charge in [0.15, 0.2) is 0 Å². The minimum absolute atomic E-state index is 0.0410. The quantitative estimate of drug-likeness (QED) is 0.800. The lowest BCUT2D eigenvalue weighted by atomic mass is 10.0. The maximum absolute atomic E-state index is 11.4. The van der Waals surface area contributed by atoms with Crippen LogP contribution >= 0.6 is 0 Å². The van der Waals surface area contributed by atoms with Crippen molar-refractivity contribution in [2.45, 2.75) is 17.7 Å². The molecule has 1 saturated heterocycles. The van der Waals surface area contributed by atoms with Crippen molar-refractivity contribution in [2.75, 3.05) is 37.4 Å². The second-order valence-corrected chi connectivity index (χ2v) is 6.83. The molecule has 1 unspecified atom stereocenters. The molecular weight excluding hydrogens is 278 g/mol. The van der Waals surface area contributed by atoms with Gasteiger partial charge >= 0.3 is 0 Å². The topological polar surface area (TPSA) is 98.7 Å². The predicted molar refractivity (Wildman–Crippen MR) is 79.0 cm³/mol. The molecule has 6 nitrogen and oxygen atoms in total. The zero-order valence-corrected chi connectivity index (χ0v) is 12.4. The highest BCUT2D eigenvalue weighted by molar-refractivity contribution is 7.89. The number of hydrogen-bond donors (Lipinski definition) is 2. The number of hydrogen-bond acceptors (Lipinski definition) is 5. The van der Waals surface area contributed by atoms with Crippen molar-refractivity contribution < 1.29 is 13.2 Å². The summed E-state index contributed by atoms with van der Waals surface area (Å²) in [5.41, 5.74) is 6.89. The second kappa shape index (κ2) is 5.99. The Morgan fingerprint density at radius 3 is 2.75 bits per heavy atom. The van der Waals surface area contributed by atoms with E-state index in [1.165, 1.54) is 6.07 Å². The number of ether oxygens (including phenoxy) is 1. The zero-order chi connectivity index (χ0) is 14.8. The fourth-order valence-electron chi connectivity index (χ4n) is 2.43. The first-order chi connectivity index (χ1) is 9.36. The summed E-state index contributed by atoms with van der Waals surface area (Å²) in [7, 11) is -1.83. The number of nitrogens with two attached hydrogens (primary N) is 2. The number of rotatable bonds is 4. The van der Waals surface area contributed by atoms with E-state index in [0.717, 1.165) is 38.3 Å². The van der Waals surface area contributed by atoms with Gasteiger partial charge in [0, 0.05) is 31.6 Å². The summed E-state index contributed by atoms with van der Waals surface area (Å²) in [6, 6.07) is 4.67. The predicted octanol–water partition coefficient (Wildman–Crippen LogP) is 0.779. The lowest BCUT2D eigenvalue weighted by Gasteiger charge is -2.28. The molecule has 0 bridgehead atoms. The molecule has 1 aliphatic rings. The normalized spacial score (nSPS) is 19.8. The molecule has 20 heavy (non-hydrogen) atoms. The second-order valence-electron chi connectivity index (χ2n) is 5.27. The van der Waals surface area contributed by atoms with E-state index in [1.54, 1.807) is 12.1 Å². The molecule has 0 saturated carbocycles. The molecule has 1 aromatic carbocycles. The monoisotopic (exact) mass is 299 g/mol. The maximum Gasteiger partial charge on any atom is 0.238 e. The molecule has 112 valence electrons. The number of nitrogen functional groups attached to an aromatic ring is 1. The summed E-state index contributed by atoms with van der Waals surface area (Å²) in [5, 5.41) is 5.16. The summed E-state index contributed by atoms with van der Waals surface area (Å²) in [5.74, 6) is 0.452. The van der Waals surface area contributed by atoms with E-state index in [1.807, 2.05) is 11.9 Å². The van der Waals surface area contributed by atoms with E-state index < -0.39 is 10.0 Å². The zero-order valence-electron chi connectivity index (χ0n) is 11.6. The van der Waals surface area contributed by atoms with Crippen molar-refractivity contribution in [3.05, 3.63) is 18.2 Å². The van der Waals surface area contributed by atoms with E-state index in [9.17, 15) is 8.42 Å². The fourth-order valence-corrected chi connectivity index (χ4v) is 3.02. The van der Waals surface area contributed by atoms with Crippen LogP contribution in [0.2, 0.25) is 0 Å². The third-order valence-electron chi connectivity index (χ3n) is 3.47. The lowest BCUT2D eigenvalue weighted by molar-refractivity contribution is 0.0576. The van der Waals surface area contributed by atoms with Crippen molar-refractivity contribution >= 4 is 21.4 Å². The van der Waals surface area contributed by atoms with Crippen LogP contribution in [0.1, 0.15) is 12.8 Å². The van der Waals surface area contributed by atoms with Gasteiger partial charge in [-0.1, -0.05) is 0 Å². The average Bonchev–Trinajstić information content (AvgIpc) is 2.38. The summed E-state index contributed by atoms with van der Waals surface area (Å²) in [4.78, 5) is 2.03. The molecule has 1 aromatic rings. The van der Waals surface area contributed by atoms with Crippen molar-refractivity contribution in [1.29, 1.82) is 0 Å². The van der Waals surface area contributed by atoms with Gasteiger partial charge < -0.3 is 15.4 Å². The molecule has 0 amide bonds. The molecule has 4 N–H and O–H groups in total. The van der Waals surface area contributed by atoms with Crippen LogP contribution in [0, 0.1) is 5.92 Å². The van der Waals surface area contributed by atoms with Crippen LogP contribution in [0.5, 0.6) is 0 Å². The average molecular weight is 299 g/mol. The fraction of sp³-hybridized carbons (Fsp3) is 0.538. The van der Waals surface area contributed by atoms with Crippen LogP contribution < -0.4 is 15.8 Å². The minimum Gasteiger partial charge on any atom is -0.399 e. The van der Waals surface area contributed by atoms with Gasteiger partial charge in [-0.05, 0) is 37.0 Å². The molecule has 1 fully saturated rings. The van der Waals surface area contributed by atoms with Crippen molar-refractivity contribution in [3.8, 4) is 0 Å². The third kappa shape index (κ3) is 3.84. The summed E-state index contributed by atoms with van der Waals surface area (Å²) >= 11 is 0. The minimum atomic E-state index is -3.75. The molecule has 0 spiro atoms. The number of primary sulfonamides is 1. The highest BCUT2D eigenvalue weighted by atomic mass is 32.2. The van der Waals surface area contributed by atoms with Gasteiger partial charge in [0.25, 0.3) is 0 Å². The Morgan fingerprint density at radius 1 is 1.40 bits per heavy atom. The van der Waals surface area contributed by atoms with Gasteiger partial charge in [0.05, 0.1) is 11.5 Å². The maximum atomic E-state index is 11.4. The third-order valence-corrected chi connectivity index (χ3v) is 4.36. The molecule has 0 aliphatic carbocycles. The van der Waals surface area contributed by atoms with Crippen molar-refractivity contribution in [2.24, 2.45) is 11.1 Å². The Labute approximate surface area is 119 Å². The number of nitrogens with zero attached hydrogens (tertiary/aromatic N) is 1. The van der Waals surface area contributed by atoms with Crippen LogP contribution in [-0.2, 0) is 14.8 Å². The van der Waals surface area contributed by atoms with Gasteiger partial charge in [0.2, 0.25) is 10.0 Å². The molecule has 0 aromatic heterocycles. The highest BCUT2D eigenvalue weighted by Crippen LogP contribution is 2.24. The smallest absolute Gasteiger partial charge is 0.238 e. The van der Waals surface area contributed by atoms with Crippen LogP contribution in [-0.4, -0.2) is 35.2 Å². The van der Waals surface area contributed by atoms with Crippen LogP contribution in [0.3, 0.4) is 0 Å². The Kier molecular flexibility index (Phi) is 4.52. The van der Waals surface area contributed by atoms with E-state index in [-0.39, 0.29) is 4.90 Å². The Morgan fingerprint density at radius 2 is 2.15 bits per heavy atom. The summed E-state index contributed by atoms with van der Waals surface area (Å²) in [6.07, 6.45) is 2.19. The Bertz CT molecular complexity index is 568. The number of sulfonamides is 1. The largest absolute Gasteiger partial charge is 0.399 e. The number of anilines is 2. The Balaban J connectivity index is 2.16. The molecule has 1 atom stereocenters. The molecule has 2 rings (SSSR count). The number of benzene rings is 1. The first-order valence-electron chi connectivity index (χ1n) is 6.58. The van der Waals surface area contributed by atoms with Crippen LogP contribution in [0.25, 0.3) is 0 Å². The first kappa shape index (κ1) is 15.1. The molecule has 0 radical (unpaired) electrons. The molecule has 1 aliphatic heterocycles. The molecular formula is C13H21N3O3S. The van der Waals surface area contributed by atoms with Crippen molar-refractivity contribution in [3.63, 3.8) is 0 Å². The van der Waals surface area contributed by atoms with Gasteiger partial charge in [-0.25, -0.2) is 13.6 Å². The highest BCUT2D eigenvalue weighted by Gasteiger charge is 2.18. The van der Waals surface area contributed by atoms with Crippen LogP contribution in [0.4, 0.5) is 11.4 Å². The van der Waals surface area contributed by atoms with E-state index in [2.05, 4.69) is 0 Å².